The van der Waals surface area contributed by atoms with E-state index in [1.807, 2.05) is 13.1 Å². The number of aromatic nitrogens is 2. The molecule has 0 saturated carbocycles. The van der Waals surface area contributed by atoms with Crippen molar-refractivity contribution >= 4 is 15.9 Å². The highest BCUT2D eigenvalue weighted by Crippen LogP contribution is 2.22. The minimum atomic E-state index is -0.227. The topological polar surface area (TPSA) is 17.8 Å². The molecule has 0 unspecified atom stereocenters. The third kappa shape index (κ3) is 1.70. The van der Waals surface area contributed by atoms with Gasteiger partial charge in [-0.15, -0.1) is 0 Å². The molecule has 2 nitrogen and oxygen atoms in total. The molecule has 0 bridgehead atoms. The van der Waals surface area contributed by atoms with Gasteiger partial charge in [-0.25, -0.2) is 4.39 Å². The Hall–Kier alpha value is -1.16. The normalized spacial score (nSPS) is 10.5. The zero-order valence-corrected chi connectivity index (χ0v) is 9.12. The maximum atomic E-state index is 12.7. The fourth-order valence-corrected chi connectivity index (χ4v) is 1.78. The van der Waals surface area contributed by atoms with Crippen molar-refractivity contribution in [3.05, 3.63) is 40.8 Å². The van der Waals surface area contributed by atoms with Gasteiger partial charge in [0.25, 0.3) is 0 Å². The van der Waals surface area contributed by atoms with Gasteiger partial charge in [0, 0.05) is 12.6 Å². The predicted octanol–water partition coefficient (Wildman–Crippen LogP) is 2.99. The number of aryl methyl sites for hydroxylation is 1. The Bertz CT molecular complexity index is 448. The highest BCUT2D eigenvalue weighted by Gasteiger charge is 2.05. The Morgan fingerprint density at radius 3 is 2.43 bits per heavy atom. The number of halogens is 2. The van der Waals surface area contributed by atoms with E-state index in [-0.39, 0.29) is 5.82 Å². The summed E-state index contributed by atoms with van der Waals surface area (Å²) in [5.74, 6) is -0.227. The first kappa shape index (κ1) is 9.40. The second-order valence-corrected chi connectivity index (χ2v) is 3.80. The van der Waals surface area contributed by atoms with Gasteiger partial charge in [-0.1, -0.05) is 0 Å². The second-order valence-electron chi connectivity index (χ2n) is 2.98. The van der Waals surface area contributed by atoms with E-state index in [4.69, 9.17) is 0 Å². The minimum absolute atomic E-state index is 0.227. The molecule has 0 amide bonds. The molecule has 2 aromatic rings. The molecular formula is C10H8BrFN2. The lowest BCUT2D eigenvalue weighted by Gasteiger charge is -2.00. The smallest absolute Gasteiger partial charge is 0.128 e. The van der Waals surface area contributed by atoms with Crippen LogP contribution < -0.4 is 0 Å². The summed E-state index contributed by atoms with van der Waals surface area (Å²) in [6, 6.07) is 8.25. The lowest BCUT2D eigenvalue weighted by atomic mass is 10.1. The lowest BCUT2D eigenvalue weighted by Crippen LogP contribution is -1.93. The van der Waals surface area contributed by atoms with E-state index in [0.717, 1.165) is 15.9 Å². The van der Waals surface area contributed by atoms with Crippen LogP contribution in [0.15, 0.2) is 34.9 Å². The molecule has 0 fully saturated rings. The zero-order chi connectivity index (χ0) is 10.1. The van der Waals surface area contributed by atoms with Crippen molar-refractivity contribution in [2.24, 2.45) is 7.05 Å². The van der Waals surface area contributed by atoms with Crippen LogP contribution in [0.2, 0.25) is 0 Å². The van der Waals surface area contributed by atoms with Crippen LogP contribution in [-0.4, -0.2) is 9.78 Å². The SMILES string of the molecule is Cn1nc(Br)cc1-c1ccc(F)cc1. The molecule has 2 rings (SSSR count). The standard InChI is InChI=1S/C10H8BrFN2/c1-14-9(6-10(11)13-14)7-2-4-8(12)5-3-7/h2-6H,1H3. The van der Waals surface area contributed by atoms with Crippen LogP contribution in [0.5, 0.6) is 0 Å². The van der Waals surface area contributed by atoms with Crippen molar-refractivity contribution in [2.45, 2.75) is 0 Å². The van der Waals surface area contributed by atoms with Gasteiger partial charge >= 0.3 is 0 Å². The van der Waals surface area contributed by atoms with E-state index in [0.29, 0.717) is 0 Å². The van der Waals surface area contributed by atoms with E-state index in [2.05, 4.69) is 21.0 Å². The van der Waals surface area contributed by atoms with E-state index in [1.165, 1.54) is 12.1 Å². The van der Waals surface area contributed by atoms with Crippen molar-refractivity contribution in [3.8, 4) is 11.3 Å². The Morgan fingerprint density at radius 1 is 1.29 bits per heavy atom. The molecule has 1 heterocycles. The lowest BCUT2D eigenvalue weighted by molar-refractivity contribution is 0.628. The van der Waals surface area contributed by atoms with Gasteiger partial charge in [0.2, 0.25) is 0 Å². The quantitative estimate of drug-likeness (QED) is 0.765. The summed E-state index contributed by atoms with van der Waals surface area (Å²) in [4.78, 5) is 0. The first-order chi connectivity index (χ1) is 6.66. The van der Waals surface area contributed by atoms with Gasteiger partial charge in [-0.05, 0) is 46.3 Å². The molecule has 72 valence electrons. The van der Waals surface area contributed by atoms with Crippen LogP contribution in [0, 0.1) is 5.82 Å². The molecule has 0 aliphatic heterocycles. The molecular weight excluding hydrogens is 247 g/mol. The first-order valence-corrected chi connectivity index (χ1v) is 4.91. The van der Waals surface area contributed by atoms with Crippen LogP contribution in [0.25, 0.3) is 11.3 Å². The van der Waals surface area contributed by atoms with Crippen LogP contribution in [0.4, 0.5) is 4.39 Å². The molecule has 0 aliphatic rings. The summed E-state index contributed by atoms with van der Waals surface area (Å²) >= 11 is 3.29. The molecule has 0 N–H and O–H groups in total. The summed E-state index contributed by atoms with van der Waals surface area (Å²) in [7, 11) is 1.85. The van der Waals surface area contributed by atoms with Crippen LogP contribution in [-0.2, 0) is 7.05 Å². The maximum absolute atomic E-state index is 12.7. The monoisotopic (exact) mass is 254 g/mol. The number of benzene rings is 1. The van der Waals surface area contributed by atoms with Crippen molar-refractivity contribution < 1.29 is 4.39 Å². The molecule has 1 aromatic carbocycles. The van der Waals surface area contributed by atoms with Crippen molar-refractivity contribution in [2.75, 3.05) is 0 Å². The van der Waals surface area contributed by atoms with E-state index in [9.17, 15) is 4.39 Å². The minimum Gasteiger partial charge on any atom is -0.267 e. The summed E-state index contributed by atoms with van der Waals surface area (Å²) in [5.41, 5.74) is 1.91. The third-order valence-corrected chi connectivity index (χ3v) is 2.38. The Balaban J connectivity index is 2.49. The highest BCUT2D eigenvalue weighted by atomic mass is 79.9. The fraction of sp³-hybridized carbons (Fsp3) is 0.100. The molecule has 14 heavy (non-hydrogen) atoms. The Labute approximate surface area is 89.5 Å². The second kappa shape index (κ2) is 3.53. The number of hydrogen-bond donors (Lipinski definition) is 0. The van der Waals surface area contributed by atoms with Gasteiger partial charge in [-0.3, -0.25) is 4.68 Å². The van der Waals surface area contributed by atoms with E-state index < -0.39 is 0 Å². The van der Waals surface area contributed by atoms with Crippen molar-refractivity contribution in [1.29, 1.82) is 0 Å². The van der Waals surface area contributed by atoms with Crippen molar-refractivity contribution in [3.63, 3.8) is 0 Å². The number of rotatable bonds is 1. The summed E-state index contributed by atoms with van der Waals surface area (Å²) < 4.78 is 15.2. The zero-order valence-electron chi connectivity index (χ0n) is 7.54. The maximum Gasteiger partial charge on any atom is 0.128 e. The highest BCUT2D eigenvalue weighted by molar-refractivity contribution is 9.10. The molecule has 0 radical (unpaired) electrons. The van der Waals surface area contributed by atoms with Gasteiger partial charge in [-0.2, -0.15) is 5.10 Å². The molecule has 4 heteroatoms. The van der Waals surface area contributed by atoms with Gasteiger partial charge in [0.05, 0.1) is 5.69 Å². The van der Waals surface area contributed by atoms with Gasteiger partial charge < -0.3 is 0 Å². The molecule has 0 atom stereocenters. The molecule has 0 aliphatic carbocycles. The Morgan fingerprint density at radius 2 is 1.93 bits per heavy atom. The van der Waals surface area contributed by atoms with E-state index >= 15 is 0 Å². The summed E-state index contributed by atoms with van der Waals surface area (Å²) in [6.45, 7) is 0. The summed E-state index contributed by atoms with van der Waals surface area (Å²) in [6.07, 6.45) is 0. The van der Waals surface area contributed by atoms with Crippen LogP contribution in [0.3, 0.4) is 0 Å². The van der Waals surface area contributed by atoms with E-state index in [1.54, 1.807) is 16.8 Å². The fourth-order valence-electron chi connectivity index (χ4n) is 1.32. The van der Waals surface area contributed by atoms with Gasteiger partial charge in [0.15, 0.2) is 0 Å². The van der Waals surface area contributed by atoms with Crippen LogP contribution in [0.1, 0.15) is 0 Å². The van der Waals surface area contributed by atoms with Crippen molar-refractivity contribution in [1.82, 2.24) is 9.78 Å². The predicted molar refractivity (Wildman–Crippen MR) is 56.3 cm³/mol. The largest absolute Gasteiger partial charge is 0.267 e. The molecule has 0 spiro atoms. The molecule has 0 saturated heterocycles. The average Bonchev–Trinajstić information content (AvgIpc) is 2.47. The number of hydrogen-bond acceptors (Lipinski definition) is 1. The first-order valence-electron chi connectivity index (χ1n) is 4.12. The molecule has 1 aromatic heterocycles. The average molecular weight is 255 g/mol. The van der Waals surface area contributed by atoms with Crippen LogP contribution >= 0.6 is 15.9 Å². The van der Waals surface area contributed by atoms with Gasteiger partial charge in [0.1, 0.15) is 10.4 Å². The third-order valence-electron chi connectivity index (χ3n) is 1.99. The number of nitrogens with zero attached hydrogens (tertiary/aromatic N) is 2. The summed E-state index contributed by atoms with van der Waals surface area (Å²) in [5, 5.41) is 4.15. The Kier molecular flexibility index (Phi) is 2.37.